The summed E-state index contributed by atoms with van der Waals surface area (Å²) in [5.41, 5.74) is 0.685. The maximum absolute atomic E-state index is 12.4. The Kier molecular flexibility index (Phi) is 6.02. The normalized spacial score (nSPS) is 14.1. The molecular weight excluding hydrogens is 456 g/mol. The van der Waals surface area contributed by atoms with Crippen LogP contribution in [0.25, 0.3) is 6.08 Å². The molecule has 0 bridgehead atoms. The Morgan fingerprint density at radius 3 is 2.27 bits per heavy atom. The second-order valence-electron chi connectivity index (χ2n) is 6.38. The zero-order valence-electron chi connectivity index (χ0n) is 16.3. The van der Waals surface area contributed by atoms with Crippen LogP contribution in [-0.4, -0.2) is 54.8 Å². The van der Waals surface area contributed by atoms with Gasteiger partial charge in [-0.3, -0.25) is 19.4 Å². The second kappa shape index (κ2) is 8.50. The highest BCUT2D eigenvalue weighted by molar-refractivity contribution is 9.10. The first-order chi connectivity index (χ1) is 14.2. The van der Waals surface area contributed by atoms with Crippen LogP contribution in [0.5, 0.6) is 11.5 Å². The number of esters is 1. The zero-order valence-corrected chi connectivity index (χ0v) is 17.9. The molecule has 2 aromatic carbocycles. The van der Waals surface area contributed by atoms with Gasteiger partial charge in [0.25, 0.3) is 11.8 Å². The lowest BCUT2D eigenvalue weighted by Gasteiger charge is -2.28. The number of hydrogen-bond donors (Lipinski definition) is 0. The molecule has 1 fully saturated rings. The number of carbonyl (C=O) groups excluding carboxylic acids is 4. The Morgan fingerprint density at radius 2 is 1.67 bits per heavy atom. The van der Waals surface area contributed by atoms with Gasteiger partial charge in [0.15, 0.2) is 0 Å². The van der Waals surface area contributed by atoms with Gasteiger partial charge in [-0.2, -0.15) is 0 Å². The minimum atomic E-state index is -0.692. The van der Waals surface area contributed by atoms with E-state index in [1.807, 2.05) is 0 Å². The van der Waals surface area contributed by atoms with E-state index in [0.29, 0.717) is 21.3 Å². The molecule has 1 aliphatic rings. The first kappa shape index (κ1) is 21.3. The highest BCUT2D eigenvalue weighted by atomic mass is 79.9. The van der Waals surface area contributed by atoms with Crippen molar-refractivity contribution < 1.29 is 28.7 Å². The predicted molar refractivity (Wildman–Crippen MR) is 111 cm³/mol. The number of barbiturate groups is 1. The number of benzene rings is 2. The summed E-state index contributed by atoms with van der Waals surface area (Å²) in [6.45, 7) is 0. The van der Waals surface area contributed by atoms with Crippen molar-refractivity contribution in [1.29, 1.82) is 0 Å². The molecule has 3 rings (SSSR count). The molecule has 0 atom stereocenters. The van der Waals surface area contributed by atoms with Gasteiger partial charge in [0.05, 0.1) is 17.1 Å². The summed E-state index contributed by atoms with van der Waals surface area (Å²) in [4.78, 5) is 50.5. The molecule has 0 spiro atoms. The SMILES string of the molecule is COc1cccc(C(=O)Oc2ccc(C=C3C(=O)N(C)C(=O)N(C)C3=O)cc2Br)c1. The molecule has 30 heavy (non-hydrogen) atoms. The monoisotopic (exact) mass is 472 g/mol. The molecule has 0 N–H and O–H groups in total. The van der Waals surface area contributed by atoms with Gasteiger partial charge in [0, 0.05) is 14.1 Å². The fourth-order valence-electron chi connectivity index (χ4n) is 2.74. The number of halogens is 1. The summed E-state index contributed by atoms with van der Waals surface area (Å²) in [5.74, 6) is -1.16. The molecule has 1 heterocycles. The van der Waals surface area contributed by atoms with Crippen LogP contribution in [0, 0.1) is 0 Å². The molecule has 0 aliphatic carbocycles. The van der Waals surface area contributed by atoms with Gasteiger partial charge in [0.2, 0.25) is 0 Å². The molecule has 154 valence electrons. The largest absolute Gasteiger partial charge is 0.497 e. The summed E-state index contributed by atoms with van der Waals surface area (Å²) in [6.07, 6.45) is 1.38. The zero-order chi connectivity index (χ0) is 22.0. The van der Waals surface area contributed by atoms with Crippen LogP contribution in [0.4, 0.5) is 4.79 Å². The third-order valence-corrected chi connectivity index (χ3v) is 5.04. The summed E-state index contributed by atoms with van der Waals surface area (Å²) in [6, 6.07) is 10.6. The highest BCUT2D eigenvalue weighted by Gasteiger charge is 2.37. The van der Waals surface area contributed by atoms with E-state index in [1.54, 1.807) is 36.4 Å². The van der Waals surface area contributed by atoms with Gasteiger partial charge in [-0.25, -0.2) is 9.59 Å². The summed E-state index contributed by atoms with van der Waals surface area (Å²) < 4.78 is 11.0. The first-order valence-corrected chi connectivity index (χ1v) is 9.49. The Morgan fingerprint density at radius 1 is 1.00 bits per heavy atom. The van der Waals surface area contributed by atoms with Crippen molar-refractivity contribution in [2.24, 2.45) is 0 Å². The van der Waals surface area contributed by atoms with Crippen LogP contribution in [0.1, 0.15) is 15.9 Å². The number of likely N-dealkylation sites (N-methyl/N-ethyl adjacent to an activating group) is 2. The lowest BCUT2D eigenvalue weighted by atomic mass is 10.1. The average Bonchev–Trinajstić information content (AvgIpc) is 2.75. The summed E-state index contributed by atoms with van der Waals surface area (Å²) in [5, 5.41) is 0. The molecule has 2 aromatic rings. The molecule has 4 amide bonds. The molecule has 0 aromatic heterocycles. The van der Waals surface area contributed by atoms with Crippen LogP contribution in [0.2, 0.25) is 0 Å². The van der Waals surface area contributed by atoms with Gasteiger partial charge in [-0.15, -0.1) is 0 Å². The summed E-state index contributed by atoms with van der Waals surface area (Å²) in [7, 11) is 4.11. The number of nitrogens with zero attached hydrogens (tertiary/aromatic N) is 2. The lowest BCUT2D eigenvalue weighted by molar-refractivity contribution is -0.134. The van der Waals surface area contributed by atoms with Crippen molar-refractivity contribution >= 4 is 45.8 Å². The first-order valence-electron chi connectivity index (χ1n) is 8.70. The number of amides is 4. The van der Waals surface area contributed by atoms with Crippen molar-refractivity contribution in [3.05, 3.63) is 63.6 Å². The van der Waals surface area contributed by atoms with Gasteiger partial charge in [0.1, 0.15) is 17.1 Å². The smallest absolute Gasteiger partial charge is 0.343 e. The van der Waals surface area contributed by atoms with E-state index in [-0.39, 0.29) is 11.3 Å². The number of ether oxygens (including phenoxy) is 2. The molecule has 0 saturated carbocycles. The van der Waals surface area contributed by atoms with E-state index < -0.39 is 23.8 Å². The molecule has 0 unspecified atom stereocenters. The van der Waals surface area contributed by atoms with Crippen molar-refractivity contribution in [2.45, 2.75) is 0 Å². The molecule has 0 radical (unpaired) electrons. The van der Waals surface area contributed by atoms with Gasteiger partial charge >= 0.3 is 12.0 Å². The standard InChI is InChI=1S/C21H17BrN2O6/c1-23-18(25)15(19(26)24(2)21(23)28)9-12-7-8-17(16(22)10-12)30-20(27)13-5-4-6-14(11-13)29-3/h4-11H,1-3H3. The Labute approximate surface area is 180 Å². The minimum absolute atomic E-state index is 0.146. The quantitative estimate of drug-likeness (QED) is 0.293. The van der Waals surface area contributed by atoms with Crippen LogP contribution < -0.4 is 9.47 Å². The number of urea groups is 1. The molecular formula is C21H17BrN2O6. The third-order valence-electron chi connectivity index (χ3n) is 4.42. The number of hydrogen-bond acceptors (Lipinski definition) is 6. The maximum atomic E-state index is 12.4. The Bertz CT molecular complexity index is 1070. The number of rotatable bonds is 4. The molecule has 1 saturated heterocycles. The van der Waals surface area contributed by atoms with E-state index in [9.17, 15) is 19.2 Å². The fraction of sp³-hybridized carbons (Fsp3) is 0.143. The number of carbonyl (C=O) groups is 4. The van der Waals surface area contributed by atoms with E-state index in [2.05, 4.69) is 15.9 Å². The van der Waals surface area contributed by atoms with Crippen molar-refractivity contribution in [2.75, 3.05) is 21.2 Å². The topological polar surface area (TPSA) is 93.2 Å². The minimum Gasteiger partial charge on any atom is -0.497 e. The molecule has 8 nitrogen and oxygen atoms in total. The lowest BCUT2D eigenvalue weighted by Crippen LogP contribution is -2.52. The van der Waals surface area contributed by atoms with Gasteiger partial charge in [-0.1, -0.05) is 12.1 Å². The van der Waals surface area contributed by atoms with Crippen LogP contribution in [0.15, 0.2) is 52.5 Å². The third kappa shape index (κ3) is 4.11. The number of methoxy groups -OCH3 is 1. The summed E-state index contributed by atoms with van der Waals surface area (Å²) >= 11 is 3.33. The predicted octanol–water partition coefficient (Wildman–Crippen LogP) is 3.11. The van der Waals surface area contributed by atoms with E-state index in [1.165, 1.54) is 33.3 Å². The van der Waals surface area contributed by atoms with E-state index >= 15 is 0 Å². The van der Waals surface area contributed by atoms with Crippen molar-refractivity contribution in [3.63, 3.8) is 0 Å². The van der Waals surface area contributed by atoms with E-state index in [0.717, 1.165) is 9.80 Å². The van der Waals surface area contributed by atoms with Gasteiger partial charge < -0.3 is 9.47 Å². The van der Waals surface area contributed by atoms with Crippen LogP contribution in [0.3, 0.4) is 0 Å². The van der Waals surface area contributed by atoms with Crippen molar-refractivity contribution in [1.82, 2.24) is 9.80 Å². The average molecular weight is 473 g/mol. The van der Waals surface area contributed by atoms with E-state index in [4.69, 9.17) is 9.47 Å². The molecule has 9 heteroatoms. The second-order valence-corrected chi connectivity index (χ2v) is 7.23. The van der Waals surface area contributed by atoms with Crippen LogP contribution in [-0.2, 0) is 9.59 Å². The number of imide groups is 2. The van der Waals surface area contributed by atoms with Crippen LogP contribution >= 0.6 is 15.9 Å². The Balaban J connectivity index is 1.84. The fourth-order valence-corrected chi connectivity index (χ4v) is 3.22. The van der Waals surface area contributed by atoms with Gasteiger partial charge in [-0.05, 0) is 57.9 Å². The van der Waals surface area contributed by atoms with Crippen molar-refractivity contribution in [3.8, 4) is 11.5 Å². The highest BCUT2D eigenvalue weighted by Crippen LogP contribution is 2.29. The Hall–Kier alpha value is -3.46. The maximum Gasteiger partial charge on any atom is 0.343 e. The molecule has 1 aliphatic heterocycles.